The van der Waals surface area contributed by atoms with E-state index in [0.717, 1.165) is 0 Å². The van der Waals surface area contributed by atoms with E-state index in [4.69, 9.17) is 9.47 Å². The summed E-state index contributed by atoms with van der Waals surface area (Å²) in [6.07, 6.45) is 4.33. The quantitative estimate of drug-likeness (QED) is 0.214. The highest BCUT2D eigenvalue weighted by Gasteiger charge is 2.75. The third-order valence-corrected chi connectivity index (χ3v) is 9.74. The zero-order valence-electron chi connectivity index (χ0n) is 28.9. The number of benzene rings is 1. The molecule has 0 saturated carbocycles. The van der Waals surface area contributed by atoms with Gasteiger partial charge in [-0.05, 0) is 57.4 Å². The number of hydrogen-bond acceptors (Lipinski definition) is 7. The highest BCUT2D eigenvalue weighted by atomic mass is 16.6. The number of aliphatic hydroxyl groups excluding tert-OH is 1. The molecule has 1 spiro atoms. The van der Waals surface area contributed by atoms with Gasteiger partial charge < -0.3 is 29.7 Å². The van der Waals surface area contributed by atoms with Gasteiger partial charge in [-0.3, -0.25) is 19.2 Å². The van der Waals surface area contributed by atoms with E-state index in [1.54, 1.807) is 24.0 Å². The Morgan fingerprint density at radius 2 is 1.85 bits per heavy atom. The second-order valence-corrected chi connectivity index (χ2v) is 15.1. The van der Waals surface area contributed by atoms with Crippen molar-refractivity contribution in [1.29, 1.82) is 0 Å². The van der Waals surface area contributed by atoms with Crippen LogP contribution in [0.3, 0.4) is 0 Å². The van der Waals surface area contributed by atoms with Crippen molar-refractivity contribution < 1.29 is 33.8 Å². The van der Waals surface area contributed by atoms with Crippen LogP contribution in [0.1, 0.15) is 85.3 Å². The number of carbonyl (C=O) groups excluding carboxylic acids is 4. The summed E-state index contributed by atoms with van der Waals surface area (Å²) in [4.78, 5) is 59.0. The molecule has 4 rings (SSSR count). The normalized spacial score (nSPS) is 26.4. The molecule has 2 bridgehead atoms. The molecule has 2 N–H and O–H groups in total. The van der Waals surface area contributed by atoms with Gasteiger partial charge in [-0.25, -0.2) is 0 Å². The summed E-state index contributed by atoms with van der Waals surface area (Å²) in [6.45, 7) is 19.6. The lowest BCUT2D eigenvalue weighted by atomic mass is 9.70. The molecule has 47 heavy (non-hydrogen) atoms. The van der Waals surface area contributed by atoms with Crippen LogP contribution in [0.2, 0.25) is 0 Å². The van der Waals surface area contributed by atoms with E-state index < -0.39 is 59.1 Å². The van der Waals surface area contributed by atoms with Gasteiger partial charge in [0.2, 0.25) is 17.7 Å². The summed E-state index contributed by atoms with van der Waals surface area (Å²) in [5, 5.41) is 13.1. The number of likely N-dealkylation sites (tertiary alicyclic amines) is 1. The van der Waals surface area contributed by atoms with Crippen LogP contribution < -0.4 is 5.32 Å². The minimum Gasteiger partial charge on any atom is -0.455 e. The average molecular weight is 652 g/mol. The molecule has 7 atom stereocenters. The summed E-state index contributed by atoms with van der Waals surface area (Å²) in [7, 11) is 0. The average Bonchev–Trinajstić information content (AvgIpc) is 3.66. The van der Waals surface area contributed by atoms with Crippen molar-refractivity contribution in [2.24, 2.45) is 17.3 Å². The summed E-state index contributed by atoms with van der Waals surface area (Å²) >= 11 is 0. The predicted molar refractivity (Wildman–Crippen MR) is 179 cm³/mol. The van der Waals surface area contributed by atoms with E-state index in [-0.39, 0.29) is 43.3 Å². The lowest BCUT2D eigenvalue weighted by Gasteiger charge is -2.46. The molecule has 1 aromatic carbocycles. The van der Waals surface area contributed by atoms with Crippen molar-refractivity contribution in [3.05, 3.63) is 61.2 Å². The monoisotopic (exact) mass is 651 g/mol. The first-order valence-corrected chi connectivity index (χ1v) is 16.8. The van der Waals surface area contributed by atoms with E-state index in [2.05, 4.69) is 39.2 Å². The molecule has 1 aromatic rings. The molecule has 0 unspecified atom stereocenters. The Labute approximate surface area is 279 Å². The van der Waals surface area contributed by atoms with E-state index in [1.807, 2.05) is 44.2 Å². The van der Waals surface area contributed by atoms with Gasteiger partial charge in [0.1, 0.15) is 17.7 Å². The maximum Gasteiger partial charge on any atom is 0.313 e. The number of ether oxygens (including phenoxy) is 2. The third kappa shape index (κ3) is 7.33. The molecule has 3 fully saturated rings. The van der Waals surface area contributed by atoms with Crippen LogP contribution in [0.15, 0.2) is 55.6 Å². The highest BCUT2D eigenvalue weighted by molar-refractivity contribution is 5.98. The van der Waals surface area contributed by atoms with Gasteiger partial charge in [-0.1, -0.05) is 63.3 Å². The largest absolute Gasteiger partial charge is 0.455 e. The Morgan fingerprint density at radius 3 is 2.45 bits per heavy atom. The van der Waals surface area contributed by atoms with Crippen molar-refractivity contribution in [1.82, 2.24) is 15.1 Å². The Hall–Kier alpha value is -3.50. The molecular formula is C37H53N3O7. The smallest absolute Gasteiger partial charge is 0.313 e. The molecule has 3 aliphatic rings. The lowest BCUT2D eigenvalue weighted by Crippen LogP contribution is -2.62. The lowest BCUT2D eigenvalue weighted by molar-refractivity contribution is -0.161. The number of amides is 3. The molecule has 10 nitrogen and oxygen atoms in total. The maximum absolute atomic E-state index is 14.8. The van der Waals surface area contributed by atoms with Gasteiger partial charge in [0.25, 0.3) is 0 Å². The molecule has 10 heteroatoms. The number of hydrogen-bond donors (Lipinski definition) is 2. The highest BCUT2D eigenvalue weighted by Crippen LogP contribution is 2.59. The Balaban J connectivity index is 1.68. The fraction of sp³-hybridized carbons (Fsp3) is 0.622. The number of allylic oxidation sites excluding steroid dienone is 1. The van der Waals surface area contributed by atoms with Gasteiger partial charge in [-0.2, -0.15) is 0 Å². The molecule has 0 aromatic heterocycles. The van der Waals surface area contributed by atoms with Crippen LogP contribution >= 0.6 is 0 Å². The van der Waals surface area contributed by atoms with Crippen LogP contribution in [-0.4, -0.2) is 87.6 Å². The van der Waals surface area contributed by atoms with Gasteiger partial charge in [-0.15, -0.1) is 13.2 Å². The zero-order chi connectivity index (χ0) is 34.7. The molecular weight excluding hydrogens is 598 g/mol. The SMILES string of the molecule is C=CCCC(=O)NC[C@@H](OC(=O)[C@@H]1[C@@H]2CC[C@]3(O2)[C@H](C(=O)N(CC=C)C(C)(C)CC(C)(C)C)N([C@H](C)CO)C(=O)[C@@H]13)c1ccccc1. The second kappa shape index (κ2) is 14.3. The van der Waals surface area contributed by atoms with Crippen molar-refractivity contribution >= 4 is 23.7 Å². The van der Waals surface area contributed by atoms with E-state index in [0.29, 0.717) is 31.2 Å². The van der Waals surface area contributed by atoms with Crippen LogP contribution in [0, 0.1) is 17.3 Å². The van der Waals surface area contributed by atoms with Crippen LogP contribution in [-0.2, 0) is 28.7 Å². The maximum atomic E-state index is 14.8. The first-order chi connectivity index (χ1) is 22.1. The van der Waals surface area contributed by atoms with Crippen molar-refractivity contribution in [2.45, 2.75) is 109 Å². The fourth-order valence-corrected chi connectivity index (χ4v) is 8.15. The van der Waals surface area contributed by atoms with Gasteiger partial charge in [0.15, 0.2) is 0 Å². The molecule has 3 saturated heterocycles. The van der Waals surface area contributed by atoms with Gasteiger partial charge in [0.05, 0.1) is 37.1 Å². The van der Waals surface area contributed by atoms with Crippen LogP contribution in [0.4, 0.5) is 0 Å². The van der Waals surface area contributed by atoms with Crippen molar-refractivity contribution in [3.63, 3.8) is 0 Å². The predicted octanol–water partition coefficient (Wildman–Crippen LogP) is 4.34. The van der Waals surface area contributed by atoms with Gasteiger partial charge in [0, 0.05) is 18.5 Å². The first-order valence-electron chi connectivity index (χ1n) is 16.8. The molecule has 3 amide bonds. The molecule has 0 aliphatic carbocycles. The standard InChI is InChI=1S/C37H53N3O7/c1-9-11-17-28(42)38-21-27(25-15-13-12-14-16-25)46-34(45)29-26-18-19-37(47-26)30(29)32(43)40(24(3)22-41)31(37)33(44)39(20-10-2)36(7,8)23-35(4,5)6/h9-10,12-16,24,26-27,29-31,41H,1-2,11,17-23H2,3-8H3,(H,38,42)/t24-,26+,27-,29-,30-,31+,37-/m1/s1. The number of carbonyl (C=O) groups is 4. The summed E-state index contributed by atoms with van der Waals surface area (Å²) < 4.78 is 12.7. The van der Waals surface area contributed by atoms with Gasteiger partial charge >= 0.3 is 5.97 Å². The number of aliphatic hydroxyl groups is 1. The topological polar surface area (TPSA) is 125 Å². The van der Waals surface area contributed by atoms with E-state index in [1.165, 1.54) is 4.90 Å². The summed E-state index contributed by atoms with van der Waals surface area (Å²) in [5.74, 6) is -3.37. The number of esters is 1. The minimum absolute atomic E-state index is 0.0574. The first kappa shape index (κ1) is 36.3. The molecule has 0 radical (unpaired) electrons. The summed E-state index contributed by atoms with van der Waals surface area (Å²) in [6, 6.07) is 7.43. The summed E-state index contributed by atoms with van der Waals surface area (Å²) in [5.41, 5.74) is -1.23. The number of nitrogens with zero attached hydrogens (tertiary/aromatic N) is 2. The Morgan fingerprint density at radius 1 is 1.17 bits per heavy atom. The van der Waals surface area contributed by atoms with E-state index in [9.17, 15) is 24.3 Å². The van der Waals surface area contributed by atoms with Crippen LogP contribution in [0.5, 0.6) is 0 Å². The zero-order valence-corrected chi connectivity index (χ0v) is 28.9. The van der Waals surface area contributed by atoms with Crippen molar-refractivity contribution in [2.75, 3.05) is 19.7 Å². The second-order valence-electron chi connectivity index (χ2n) is 15.1. The number of rotatable bonds is 15. The molecule has 3 heterocycles. The van der Waals surface area contributed by atoms with E-state index >= 15 is 0 Å². The molecule has 3 aliphatic heterocycles. The van der Waals surface area contributed by atoms with Crippen molar-refractivity contribution in [3.8, 4) is 0 Å². The number of nitrogens with one attached hydrogen (secondary N) is 1. The fourth-order valence-electron chi connectivity index (χ4n) is 8.15. The Bertz CT molecular complexity index is 1340. The molecule has 258 valence electrons. The third-order valence-electron chi connectivity index (χ3n) is 9.74. The Kier molecular flexibility index (Phi) is 11.1. The minimum atomic E-state index is -1.25. The van der Waals surface area contributed by atoms with Crippen LogP contribution in [0.25, 0.3) is 0 Å². The number of fused-ring (bicyclic) bond motifs is 1.